The molecule has 0 fully saturated rings. The monoisotopic (exact) mass is 301 g/mol. The number of aliphatic hydroxyl groups is 1. The largest absolute Gasteiger partial charge is 0.396 e. The summed E-state index contributed by atoms with van der Waals surface area (Å²) in [7, 11) is 0. The number of thioether (sulfide) groups is 1. The number of nitrogens with one attached hydrogen (secondary N) is 1. The Kier molecular flexibility index (Phi) is 5.84. The zero-order chi connectivity index (χ0) is 15.1. The third kappa shape index (κ3) is 4.62. The van der Waals surface area contributed by atoms with E-state index >= 15 is 0 Å². The van der Waals surface area contributed by atoms with E-state index in [1.807, 2.05) is 54.8 Å². The molecule has 1 amide bonds. The predicted molar refractivity (Wildman–Crippen MR) is 88.0 cm³/mol. The fourth-order valence-corrected chi connectivity index (χ4v) is 2.44. The van der Waals surface area contributed by atoms with Crippen molar-refractivity contribution in [3.05, 3.63) is 59.7 Å². The minimum absolute atomic E-state index is 0.109. The van der Waals surface area contributed by atoms with E-state index in [4.69, 9.17) is 5.11 Å². The summed E-state index contributed by atoms with van der Waals surface area (Å²) in [6.45, 7) is 0.179. The smallest absolute Gasteiger partial charge is 0.255 e. The Bertz CT molecular complexity index is 596. The molecule has 0 spiro atoms. The molecular formula is C17H19NO2S. The quantitative estimate of drug-likeness (QED) is 0.802. The molecule has 0 aliphatic rings. The fourth-order valence-electron chi connectivity index (χ4n) is 2.03. The molecule has 0 radical (unpaired) electrons. The van der Waals surface area contributed by atoms with Gasteiger partial charge in [-0.15, -0.1) is 11.8 Å². The van der Waals surface area contributed by atoms with Crippen LogP contribution in [0, 0.1) is 0 Å². The van der Waals surface area contributed by atoms with Crippen molar-refractivity contribution in [2.45, 2.75) is 17.7 Å². The number of carbonyl (C=O) groups is 1. The topological polar surface area (TPSA) is 49.3 Å². The van der Waals surface area contributed by atoms with Gasteiger partial charge in [-0.1, -0.05) is 12.1 Å². The molecule has 0 unspecified atom stereocenters. The van der Waals surface area contributed by atoms with Crippen LogP contribution in [-0.4, -0.2) is 23.9 Å². The number of rotatable bonds is 6. The fraction of sp³-hybridized carbons (Fsp3) is 0.235. The first-order valence-electron chi connectivity index (χ1n) is 6.88. The molecule has 110 valence electrons. The number of benzene rings is 2. The molecule has 0 aromatic heterocycles. The van der Waals surface area contributed by atoms with Gasteiger partial charge in [-0.25, -0.2) is 0 Å². The summed E-state index contributed by atoms with van der Waals surface area (Å²) in [4.78, 5) is 13.3. The molecule has 2 aromatic rings. The summed E-state index contributed by atoms with van der Waals surface area (Å²) < 4.78 is 0. The number of carbonyl (C=O) groups excluding carboxylic acids is 1. The lowest BCUT2D eigenvalue weighted by Crippen LogP contribution is -2.11. The van der Waals surface area contributed by atoms with Crippen molar-refractivity contribution in [2.24, 2.45) is 0 Å². The van der Waals surface area contributed by atoms with Gasteiger partial charge >= 0.3 is 0 Å². The van der Waals surface area contributed by atoms with E-state index in [2.05, 4.69) is 5.32 Å². The Morgan fingerprint density at radius 2 is 1.95 bits per heavy atom. The number of aliphatic hydroxyl groups excluding tert-OH is 1. The SMILES string of the molecule is CSc1ccc(C(=O)Nc2cccc(CCCO)c2)cc1. The van der Waals surface area contributed by atoms with Crippen LogP contribution in [0.1, 0.15) is 22.3 Å². The highest BCUT2D eigenvalue weighted by Crippen LogP contribution is 2.17. The third-order valence-electron chi connectivity index (χ3n) is 3.16. The van der Waals surface area contributed by atoms with Gasteiger partial charge in [-0.05, 0) is 61.1 Å². The Hall–Kier alpha value is -1.78. The van der Waals surface area contributed by atoms with Gasteiger partial charge in [0.2, 0.25) is 0 Å². The first-order chi connectivity index (χ1) is 10.2. The van der Waals surface area contributed by atoms with Crippen LogP contribution in [0.2, 0.25) is 0 Å². The normalized spacial score (nSPS) is 10.4. The van der Waals surface area contributed by atoms with Crippen molar-refractivity contribution >= 4 is 23.4 Å². The summed E-state index contributed by atoms with van der Waals surface area (Å²) in [6, 6.07) is 15.3. The second kappa shape index (κ2) is 7.86. The maximum atomic E-state index is 12.2. The van der Waals surface area contributed by atoms with Crippen molar-refractivity contribution in [3.8, 4) is 0 Å². The van der Waals surface area contributed by atoms with Crippen molar-refractivity contribution in [3.63, 3.8) is 0 Å². The maximum absolute atomic E-state index is 12.2. The van der Waals surface area contributed by atoms with Crippen molar-refractivity contribution in [2.75, 3.05) is 18.2 Å². The molecule has 2 rings (SSSR count). The summed E-state index contributed by atoms with van der Waals surface area (Å²) in [5.41, 5.74) is 2.54. The van der Waals surface area contributed by atoms with Crippen LogP contribution in [0.3, 0.4) is 0 Å². The lowest BCUT2D eigenvalue weighted by Gasteiger charge is -2.08. The van der Waals surface area contributed by atoms with E-state index in [1.165, 1.54) is 0 Å². The molecule has 3 nitrogen and oxygen atoms in total. The van der Waals surface area contributed by atoms with Crippen molar-refractivity contribution < 1.29 is 9.90 Å². The molecule has 0 heterocycles. The van der Waals surface area contributed by atoms with E-state index in [0.717, 1.165) is 29.0 Å². The number of aryl methyl sites for hydroxylation is 1. The van der Waals surface area contributed by atoms with Crippen LogP contribution in [-0.2, 0) is 6.42 Å². The van der Waals surface area contributed by atoms with E-state index in [9.17, 15) is 4.79 Å². The Morgan fingerprint density at radius 3 is 2.62 bits per heavy atom. The van der Waals surface area contributed by atoms with Crippen LogP contribution in [0.15, 0.2) is 53.4 Å². The van der Waals surface area contributed by atoms with Gasteiger partial charge in [0.15, 0.2) is 0 Å². The number of hydrogen-bond donors (Lipinski definition) is 2. The van der Waals surface area contributed by atoms with E-state index in [-0.39, 0.29) is 12.5 Å². The molecule has 21 heavy (non-hydrogen) atoms. The molecule has 0 bridgehead atoms. The van der Waals surface area contributed by atoms with Crippen LogP contribution < -0.4 is 5.32 Å². The van der Waals surface area contributed by atoms with Crippen molar-refractivity contribution in [1.29, 1.82) is 0 Å². The summed E-state index contributed by atoms with van der Waals surface area (Å²) in [5.74, 6) is -0.109. The van der Waals surface area contributed by atoms with Gasteiger partial charge < -0.3 is 10.4 Å². The Morgan fingerprint density at radius 1 is 1.19 bits per heavy atom. The number of hydrogen-bond acceptors (Lipinski definition) is 3. The number of amides is 1. The molecule has 0 saturated carbocycles. The second-order valence-corrected chi connectivity index (χ2v) is 5.59. The summed E-state index contributed by atoms with van der Waals surface area (Å²) in [6.07, 6.45) is 3.54. The zero-order valence-electron chi connectivity index (χ0n) is 12.0. The highest BCUT2D eigenvalue weighted by Gasteiger charge is 2.06. The summed E-state index contributed by atoms with van der Waals surface area (Å²) >= 11 is 1.65. The first-order valence-corrected chi connectivity index (χ1v) is 8.10. The molecule has 0 aliphatic carbocycles. The highest BCUT2D eigenvalue weighted by atomic mass is 32.2. The summed E-state index contributed by atoms with van der Waals surface area (Å²) in [5, 5.41) is 11.8. The minimum atomic E-state index is -0.109. The maximum Gasteiger partial charge on any atom is 0.255 e. The van der Waals surface area contributed by atoms with E-state index in [1.54, 1.807) is 11.8 Å². The standard InChI is InChI=1S/C17H19NO2S/c1-21-16-9-7-14(8-10-16)17(20)18-15-6-2-4-13(12-15)5-3-11-19/h2,4,6-10,12,19H,3,5,11H2,1H3,(H,18,20). The van der Waals surface area contributed by atoms with Gasteiger partial charge in [0.05, 0.1) is 0 Å². The molecule has 2 aromatic carbocycles. The van der Waals surface area contributed by atoms with Gasteiger partial charge in [0.1, 0.15) is 0 Å². The first kappa shape index (κ1) is 15.6. The van der Waals surface area contributed by atoms with Crippen LogP contribution in [0.4, 0.5) is 5.69 Å². The lowest BCUT2D eigenvalue weighted by molar-refractivity contribution is 0.102. The number of anilines is 1. The average molecular weight is 301 g/mol. The zero-order valence-corrected chi connectivity index (χ0v) is 12.8. The van der Waals surface area contributed by atoms with E-state index < -0.39 is 0 Å². The molecule has 2 N–H and O–H groups in total. The second-order valence-electron chi connectivity index (χ2n) is 4.71. The highest BCUT2D eigenvalue weighted by molar-refractivity contribution is 7.98. The van der Waals surface area contributed by atoms with Crippen LogP contribution >= 0.6 is 11.8 Å². The van der Waals surface area contributed by atoms with Gasteiger partial charge in [0, 0.05) is 22.8 Å². The van der Waals surface area contributed by atoms with Crippen LogP contribution in [0.25, 0.3) is 0 Å². The minimum Gasteiger partial charge on any atom is -0.396 e. The molecule has 0 aliphatic heterocycles. The Balaban J connectivity index is 2.04. The molecular weight excluding hydrogens is 282 g/mol. The predicted octanol–water partition coefficient (Wildman–Crippen LogP) is 3.59. The lowest BCUT2D eigenvalue weighted by atomic mass is 10.1. The van der Waals surface area contributed by atoms with Gasteiger partial charge in [0.25, 0.3) is 5.91 Å². The van der Waals surface area contributed by atoms with Crippen molar-refractivity contribution in [1.82, 2.24) is 0 Å². The molecule has 4 heteroatoms. The van der Waals surface area contributed by atoms with E-state index in [0.29, 0.717) is 5.56 Å². The third-order valence-corrected chi connectivity index (χ3v) is 3.90. The van der Waals surface area contributed by atoms with Crippen LogP contribution in [0.5, 0.6) is 0 Å². The van der Waals surface area contributed by atoms with Gasteiger partial charge in [-0.2, -0.15) is 0 Å². The molecule has 0 atom stereocenters. The van der Waals surface area contributed by atoms with Gasteiger partial charge in [-0.3, -0.25) is 4.79 Å². The Labute approximate surface area is 129 Å². The molecule has 0 saturated heterocycles. The average Bonchev–Trinajstić information content (AvgIpc) is 2.53.